The first kappa shape index (κ1) is 8.30. The van der Waals surface area contributed by atoms with Crippen molar-refractivity contribution < 1.29 is 14.3 Å². The quantitative estimate of drug-likeness (QED) is 0.505. The molecule has 0 bridgehead atoms. The molecule has 0 aromatic rings. The Morgan fingerprint density at radius 2 is 2.33 bits per heavy atom. The van der Waals surface area contributed by atoms with Crippen LogP contribution in [-0.2, 0) is 14.3 Å². The third kappa shape index (κ3) is 2.98. The van der Waals surface area contributed by atoms with Crippen molar-refractivity contribution in [3.05, 3.63) is 0 Å². The highest BCUT2D eigenvalue weighted by molar-refractivity contribution is 6.27. The minimum absolute atomic E-state index is 0.439. The van der Waals surface area contributed by atoms with Crippen molar-refractivity contribution in [1.82, 2.24) is 0 Å². The van der Waals surface area contributed by atoms with Crippen molar-refractivity contribution in [3.63, 3.8) is 0 Å². The number of rotatable bonds is 4. The van der Waals surface area contributed by atoms with Crippen molar-refractivity contribution in [2.75, 3.05) is 6.61 Å². The smallest absolute Gasteiger partial charge is 0.275 e. The molecule has 0 aliphatic heterocycles. The number of carbonyl (C=O) groups is 1. The lowest BCUT2D eigenvalue weighted by Crippen LogP contribution is -2.21. The Hall–Kier alpha value is -0.700. The molecule has 0 N–H and O–H groups in total. The third-order valence-corrected chi connectivity index (χ3v) is 0.886. The van der Waals surface area contributed by atoms with Gasteiger partial charge in [0.05, 0.1) is 0 Å². The molecule has 0 saturated heterocycles. The average molecular weight is 129 g/mol. The molecule has 3 nitrogen and oxygen atoms in total. The minimum Gasteiger partial charge on any atom is -0.370 e. The van der Waals surface area contributed by atoms with Gasteiger partial charge in [-0.3, -0.25) is 9.59 Å². The summed E-state index contributed by atoms with van der Waals surface area (Å²) in [5.74, 6) is -0.628. The van der Waals surface area contributed by atoms with Crippen molar-refractivity contribution in [1.29, 1.82) is 0 Å². The lowest BCUT2D eigenvalue weighted by Gasteiger charge is -2.03. The number of hydrogen-bond acceptors (Lipinski definition) is 3. The van der Waals surface area contributed by atoms with Crippen molar-refractivity contribution >= 4 is 12.1 Å². The largest absolute Gasteiger partial charge is 0.370 e. The van der Waals surface area contributed by atoms with Gasteiger partial charge in [0.25, 0.3) is 6.29 Å². The maximum atomic E-state index is 10.4. The van der Waals surface area contributed by atoms with Crippen LogP contribution in [0.25, 0.3) is 0 Å². The van der Waals surface area contributed by atoms with Crippen LogP contribution >= 0.6 is 0 Å². The monoisotopic (exact) mass is 129 g/mol. The molecule has 9 heavy (non-hydrogen) atoms. The Bertz CT molecular complexity index is 109. The van der Waals surface area contributed by atoms with Gasteiger partial charge in [-0.05, 0) is 13.8 Å². The fourth-order valence-electron chi connectivity index (χ4n) is 0.409. The van der Waals surface area contributed by atoms with Crippen LogP contribution in [0.4, 0.5) is 0 Å². The van der Waals surface area contributed by atoms with Crippen LogP contribution in [0.3, 0.4) is 0 Å². The summed E-state index contributed by atoms with van der Waals surface area (Å²) in [6.07, 6.45) is 0.604. The van der Waals surface area contributed by atoms with Crippen molar-refractivity contribution in [3.8, 4) is 0 Å². The van der Waals surface area contributed by atoms with E-state index in [-0.39, 0.29) is 0 Å². The summed E-state index contributed by atoms with van der Waals surface area (Å²) in [4.78, 5) is 20.0. The molecule has 1 atom stereocenters. The summed E-state index contributed by atoms with van der Waals surface area (Å²) in [5.41, 5.74) is 0. The Morgan fingerprint density at radius 3 is 2.67 bits per heavy atom. The third-order valence-electron chi connectivity index (χ3n) is 0.886. The second kappa shape index (κ2) is 4.21. The van der Waals surface area contributed by atoms with Crippen molar-refractivity contribution in [2.45, 2.75) is 20.0 Å². The first-order valence-electron chi connectivity index (χ1n) is 2.76. The molecule has 0 rings (SSSR count). The molecule has 0 aliphatic rings. The van der Waals surface area contributed by atoms with Crippen LogP contribution in [0.2, 0.25) is 0 Å². The maximum Gasteiger partial charge on any atom is 0.275 e. The molecule has 1 unspecified atom stereocenters. The van der Waals surface area contributed by atoms with Gasteiger partial charge in [-0.2, -0.15) is 0 Å². The van der Waals surface area contributed by atoms with Gasteiger partial charge in [-0.25, -0.2) is 0 Å². The highest BCUT2D eigenvalue weighted by atomic mass is 16.5. The summed E-state index contributed by atoms with van der Waals surface area (Å²) in [7, 11) is 0. The van der Waals surface area contributed by atoms with E-state index in [4.69, 9.17) is 4.74 Å². The summed E-state index contributed by atoms with van der Waals surface area (Å²) < 4.78 is 4.78. The normalized spacial score (nSPS) is 12.7. The zero-order chi connectivity index (χ0) is 7.28. The van der Waals surface area contributed by atoms with Gasteiger partial charge < -0.3 is 4.74 Å². The van der Waals surface area contributed by atoms with E-state index >= 15 is 0 Å². The average Bonchev–Trinajstić information content (AvgIpc) is 1.87. The van der Waals surface area contributed by atoms with E-state index in [2.05, 4.69) is 0 Å². The highest BCUT2D eigenvalue weighted by Gasteiger charge is 2.10. The van der Waals surface area contributed by atoms with Gasteiger partial charge in [-0.15, -0.1) is 0 Å². The van der Waals surface area contributed by atoms with E-state index in [1.165, 1.54) is 13.2 Å². The van der Waals surface area contributed by atoms with Gasteiger partial charge in [0, 0.05) is 6.61 Å². The zero-order valence-electron chi connectivity index (χ0n) is 5.51. The predicted molar refractivity (Wildman–Crippen MR) is 31.8 cm³/mol. The van der Waals surface area contributed by atoms with Crippen LogP contribution in [-0.4, -0.2) is 24.8 Å². The van der Waals surface area contributed by atoms with E-state index < -0.39 is 11.9 Å². The number of ether oxygens (including phenoxy) is 1. The summed E-state index contributed by atoms with van der Waals surface area (Å²) in [5, 5.41) is 0. The second-order valence-corrected chi connectivity index (χ2v) is 1.56. The molecule has 0 aromatic heterocycles. The fraction of sp³-hybridized carbons (Fsp3) is 0.667. The van der Waals surface area contributed by atoms with Crippen LogP contribution in [0.15, 0.2) is 0 Å². The Morgan fingerprint density at radius 1 is 1.78 bits per heavy atom. The summed E-state index contributed by atoms with van der Waals surface area (Å²) >= 11 is 0. The minimum atomic E-state index is -0.632. The predicted octanol–water partition coefficient (Wildman–Crippen LogP) is 0.0902. The first-order chi connectivity index (χ1) is 4.22. The van der Waals surface area contributed by atoms with Gasteiger partial charge >= 0.3 is 0 Å². The van der Waals surface area contributed by atoms with Gasteiger partial charge in [-0.1, -0.05) is 0 Å². The molecule has 0 aliphatic carbocycles. The molecule has 0 aromatic carbocycles. The van der Waals surface area contributed by atoms with Gasteiger partial charge in [0.1, 0.15) is 6.10 Å². The molecular formula is C6H9O3. The summed E-state index contributed by atoms with van der Waals surface area (Å²) in [6.45, 7) is 3.72. The van der Waals surface area contributed by atoms with Gasteiger partial charge in [0.15, 0.2) is 0 Å². The Kier molecular flexibility index (Phi) is 3.88. The topological polar surface area (TPSA) is 43.4 Å². The molecule has 1 radical (unpaired) electrons. The molecule has 0 heterocycles. The first-order valence-corrected chi connectivity index (χ1v) is 2.76. The van der Waals surface area contributed by atoms with Gasteiger partial charge in [0.2, 0.25) is 5.78 Å². The number of ketones is 1. The molecule has 0 spiro atoms. The molecule has 51 valence electrons. The van der Waals surface area contributed by atoms with Crippen LogP contribution in [0.5, 0.6) is 0 Å². The lowest BCUT2D eigenvalue weighted by atomic mass is 10.3. The second-order valence-electron chi connectivity index (χ2n) is 1.56. The van der Waals surface area contributed by atoms with Crippen LogP contribution in [0, 0.1) is 0 Å². The number of Topliss-reactive ketones (excluding diaryl/α,β-unsaturated/α-hetero) is 1. The number of hydrogen-bond donors (Lipinski definition) is 0. The SMILES string of the molecule is CCOC(C)C(=O)[C]=O. The van der Waals surface area contributed by atoms with Crippen LogP contribution in [0.1, 0.15) is 13.8 Å². The Balaban J connectivity index is 3.58. The molecular weight excluding hydrogens is 120 g/mol. The Labute approximate surface area is 54.0 Å². The van der Waals surface area contributed by atoms with E-state index in [1.54, 1.807) is 6.92 Å². The highest BCUT2D eigenvalue weighted by Crippen LogP contribution is 1.88. The molecule has 3 heteroatoms. The van der Waals surface area contributed by atoms with E-state index in [9.17, 15) is 9.59 Å². The van der Waals surface area contributed by atoms with E-state index in [0.717, 1.165) is 0 Å². The standard InChI is InChI=1S/C6H9O3/c1-3-9-5(2)6(8)4-7/h5H,3H2,1-2H3. The van der Waals surface area contributed by atoms with E-state index in [1.807, 2.05) is 0 Å². The van der Waals surface area contributed by atoms with Crippen LogP contribution < -0.4 is 0 Å². The van der Waals surface area contributed by atoms with Crippen molar-refractivity contribution in [2.24, 2.45) is 0 Å². The molecule has 0 saturated carbocycles. The fourth-order valence-corrected chi connectivity index (χ4v) is 0.409. The zero-order valence-corrected chi connectivity index (χ0v) is 5.51. The molecule has 0 fully saturated rings. The number of carbonyl (C=O) groups excluding carboxylic acids is 2. The lowest BCUT2D eigenvalue weighted by molar-refractivity contribution is -0.122. The summed E-state index contributed by atoms with van der Waals surface area (Å²) in [6, 6.07) is 0. The van der Waals surface area contributed by atoms with E-state index in [0.29, 0.717) is 6.61 Å². The molecule has 0 amide bonds. The maximum absolute atomic E-state index is 10.4.